The number of benzene rings is 1. The van der Waals surface area contributed by atoms with E-state index in [0.717, 1.165) is 24.8 Å². The standard InChI is InChI=1S/C26H41N5O3/c1-5-19(3)23(29-25(33)27-22-13-11-18(2)12-14-22)24(32)30-15-16-31(20(4)17-30)26(34)28-21-9-7-6-8-10-21/h11-14,19-21,23H,5-10,15-17H2,1-4H3,(H,28,34)(H2,27,29,33). The summed E-state index contributed by atoms with van der Waals surface area (Å²) < 4.78 is 0. The highest BCUT2D eigenvalue weighted by molar-refractivity contribution is 5.94. The number of piperazine rings is 1. The van der Waals surface area contributed by atoms with E-state index in [9.17, 15) is 14.4 Å². The minimum atomic E-state index is -0.620. The maximum atomic E-state index is 13.4. The molecular weight excluding hydrogens is 430 g/mol. The van der Waals surface area contributed by atoms with Crippen LogP contribution in [0.1, 0.15) is 64.9 Å². The van der Waals surface area contributed by atoms with E-state index in [4.69, 9.17) is 0 Å². The number of nitrogens with one attached hydrogen (secondary N) is 3. The molecule has 3 unspecified atom stereocenters. The lowest BCUT2D eigenvalue weighted by Crippen LogP contribution is -2.62. The molecule has 1 aromatic rings. The first-order valence-electron chi connectivity index (χ1n) is 12.8. The Morgan fingerprint density at radius 2 is 1.74 bits per heavy atom. The monoisotopic (exact) mass is 471 g/mol. The van der Waals surface area contributed by atoms with Crippen LogP contribution in [0.15, 0.2) is 24.3 Å². The van der Waals surface area contributed by atoms with Gasteiger partial charge in [-0.05, 0) is 44.7 Å². The second-order valence-electron chi connectivity index (χ2n) is 9.94. The van der Waals surface area contributed by atoms with E-state index in [0.29, 0.717) is 25.3 Å². The maximum absolute atomic E-state index is 13.4. The Bertz CT molecular complexity index is 837. The van der Waals surface area contributed by atoms with Gasteiger partial charge < -0.3 is 25.8 Å². The first-order chi connectivity index (χ1) is 16.3. The van der Waals surface area contributed by atoms with Crippen LogP contribution in [-0.4, -0.2) is 65.5 Å². The van der Waals surface area contributed by atoms with Gasteiger partial charge in [-0.15, -0.1) is 0 Å². The minimum absolute atomic E-state index is 0.0146. The molecule has 1 saturated carbocycles. The largest absolute Gasteiger partial charge is 0.337 e. The molecule has 34 heavy (non-hydrogen) atoms. The van der Waals surface area contributed by atoms with Crippen molar-refractivity contribution in [2.24, 2.45) is 5.92 Å². The number of nitrogens with zero attached hydrogens (tertiary/aromatic N) is 2. The fraction of sp³-hybridized carbons (Fsp3) is 0.654. The van der Waals surface area contributed by atoms with Crippen molar-refractivity contribution < 1.29 is 14.4 Å². The van der Waals surface area contributed by atoms with Crippen LogP contribution >= 0.6 is 0 Å². The van der Waals surface area contributed by atoms with Crippen LogP contribution in [0.5, 0.6) is 0 Å². The van der Waals surface area contributed by atoms with Crippen molar-refractivity contribution >= 4 is 23.7 Å². The zero-order valence-electron chi connectivity index (χ0n) is 21.1. The highest BCUT2D eigenvalue weighted by Crippen LogP contribution is 2.20. The van der Waals surface area contributed by atoms with E-state index in [-0.39, 0.29) is 36.0 Å². The van der Waals surface area contributed by atoms with Crippen LogP contribution in [0.25, 0.3) is 0 Å². The molecular formula is C26H41N5O3. The van der Waals surface area contributed by atoms with Gasteiger partial charge in [0.05, 0.1) is 0 Å². The van der Waals surface area contributed by atoms with Gasteiger partial charge in [0.15, 0.2) is 0 Å². The number of hydrogen-bond acceptors (Lipinski definition) is 3. The van der Waals surface area contributed by atoms with Crippen molar-refractivity contribution in [2.75, 3.05) is 25.0 Å². The summed E-state index contributed by atoms with van der Waals surface area (Å²) in [4.78, 5) is 42.5. The average molecular weight is 472 g/mol. The molecule has 0 spiro atoms. The summed E-state index contributed by atoms with van der Waals surface area (Å²) in [6.07, 6.45) is 6.45. The van der Waals surface area contributed by atoms with E-state index in [1.54, 1.807) is 4.90 Å². The lowest BCUT2D eigenvalue weighted by Gasteiger charge is -2.42. The van der Waals surface area contributed by atoms with Crippen molar-refractivity contribution in [3.05, 3.63) is 29.8 Å². The summed E-state index contributed by atoms with van der Waals surface area (Å²) in [6, 6.07) is 6.69. The van der Waals surface area contributed by atoms with Gasteiger partial charge in [-0.3, -0.25) is 4.79 Å². The number of rotatable bonds is 6. The lowest BCUT2D eigenvalue weighted by atomic mass is 9.95. The molecule has 3 rings (SSSR count). The summed E-state index contributed by atoms with van der Waals surface area (Å²) in [7, 11) is 0. The molecule has 2 fully saturated rings. The van der Waals surface area contributed by atoms with Gasteiger partial charge in [0.1, 0.15) is 6.04 Å². The van der Waals surface area contributed by atoms with E-state index >= 15 is 0 Å². The number of carbonyl (C=O) groups is 3. The molecule has 5 amide bonds. The second kappa shape index (κ2) is 12.1. The molecule has 0 bridgehead atoms. The van der Waals surface area contributed by atoms with E-state index in [2.05, 4.69) is 16.0 Å². The number of carbonyl (C=O) groups excluding carboxylic acids is 3. The fourth-order valence-electron chi connectivity index (χ4n) is 4.79. The van der Waals surface area contributed by atoms with Gasteiger partial charge in [-0.2, -0.15) is 0 Å². The van der Waals surface area contributed by atoms with Gasteiger partial charge in [0.25, 0.3) is 0 Å². The van der Waals surface area contributed by atoms with Crippen LogP contribution in [0.4, 0.5) is 15.3 Å². The number of amides is 5. The molecule has 1 heterocycles. The number of hydrogen-bond donors (Lipinski definition) is 3. The van der Waals surface area contributed by atoms with Gasteiger partial charge >= 0.3 is 12.1 Å². The molecule has 1 saturated heterocycles. The number of aryl methyl sites for hydroxylation is 1. The summed E-state index contributed by atoms with van der Waals surface area (Å²) in [5.41, 5.74) is 1.80. The molecule has 3 atom stereocenters. The molecule has 188 valence electrons. The Morgan fingerprint density at radius 3 is 2.35 bits per heavy atom. The molecule has 1 aliphatic carbocycles. The fourth-order valence-corrected chi connectivity index (χ4v) is 4.79. The molecule has 8 heteroatoms. The zero-order valence-corrected chi connectivity index (χ0v) is 21.1. The first kappa shape index (κ1) is 25.8. The minimum Gasteiger partial charge on any atom is -0.337 e. The van der Waals surface area contributed by atoms with Crippen molar-refractivity contribution in [1.82, 2.24) is 20.4 Å². The van der Waals surface area contributed by atoms with Crippen molar-refractivity contribution in [1.29, 1.82) is 0 Å². The SMILES string of the molecule is CCC(C)C(NC(=O)Nc1ccc(C)cc1)C(=O)N1CCN(C(=O)NC2CCCCC2)C(C)C1. The van der Waals surface area contributed by atoms with Crippen molar-refractivity contribution in [2.45, 2.75) is 84.3 Å². The Kier molecular flexibility index (Phi) is 9.19. The number of anilines is 1. The number of urea groups is 2. The smallest absolute Gasteiger partial charge is 0.319 e. The molecule has 0 aromatic heterocycles. The van der Waals surface area contributed by atoms with Gasteiger partial charge in [0, 0.05) is 37.4 Å². The van der Waals surface area contributed by atoms with Crippen molar-refractivity contribution in [3.63, 3.8) is 0 Å². The van der Waals surface area contributed by atoms with Crippen molar-refractivity contribution in [3.8, 4) is 0 Å². The Morgan fingerprint density at radius 1 is 1.06 bits per heavy atom. The molecule has 8 nitrogen and oxygen atoms in total. The Hall–Kier alpha value is -2.77. The van der Waals surface area contributed by atoms with E-state index in [1.165, 1.54) is 19.3 Å². The zero-order chi connectivity index (χ0) is 24.7. The highest BCUT2D eigenvalue weighted by atomic mass is 16.2. The van der Waals surface area contributed by atoms with Crippen LogP contribution in [-0.2, 0) is 4.79 Å². The van der Waals surface area contributed by atoms with Crippen LogP contribution in [0.2, 0.25) is 0 Å². The summed E-state index contributed by atoms with van der Waals surface area (Å²) in [5, 5.41) is 8.90. The Labute approximate surface area is 203 Å². The second-order valence-corrected chi connectivity index (χ2v) is 9.94. The van der Waals surface area contributed by atoms with E-state index in [1.807, 2.05) is 56.9 Å². The highest BCUT2D eigenvalue weighted by Gasteiger charge is 2.35. The van der Waals surface area contributed by atoms with Crippen LogP contribution < -0.4 is 16.0 Å². The maximum Gasteiger partial charge on any atom is 0.319 e. The third kappa shape index (κ3) is 6.87. The molecule has 1 aliphatic heterocycles. The summed E-state index contributed by atoms with van der Waals surface area (Å²) in [5.74, 6) is -0.105. The van der Waals surface area contributed by atoms with Gasteiger partial charge in [-0.25, -0.2) is 9.59 Å². The Balaban J connectivity index is 1.57. The third-order valence-electron chi connectivity index (χ3n) is 7.21. The average Bonchev–Trinajstić information content (AvgIpc) is 2.83. The normalized spacial score (nSPS) is 20.9. The topological polar surface area (TPSA) is 93.8 Å². The van der Waals surface area contributed by atoms with Gasteiger partial charge in [-0.1, -0.05) is 57.2 Å². The molecule has 0 radical (unpaired) electrons. The predicted octanol–water partition coefficient (Wildman–Crippen LogP) is 4.11. The molecule has 3 N–H and O–H groups in total. The predicted molar refractivity (Wildman–Crippen MR) is 135 cm³/mol. The third-order valence-corrected chi connectivity index (χ3v) is 7.21. The summed E-state index contributed by atoms with van der Waals surface area (Å²) >= 11 is 0. The van der Waals surface area contributed by atoms with Crippen LogP contribution in [0.3, 0.4) is 0 Å². The quantitative estimate of drug-likeness (QED) is 0.583. The lowest BCUT2D eigenvalue weighted by molar-refractivity contribution is -0.136. The van der Waals surface area contributed by atoms with Crippen LogP contribution in [0, 0.1) is 12.8 Å². The summed E-state index contributed by atoms with van der Waals surface area (Å²) in [6.45, 7) is 9.39. The molecule has 1 aromatic carbocycles. The first-order valence-corrected chi connectivity index (χ1v) is 12.8. The van der Waals surface area contributed by atoms with Gasteiger partial charge in [0.2, 0.25) is 5.91 Å². The van der Waals surface area contributed by atoms with E-state index < -0.39 is 6.04 Å². The molecule has 2 aliphatic rings.